The van der Waals surface area contributed by atoms with E-state index in [2.05, 4.69) is 12.1 Å². The van der Waals surface area contributed by atoms with E-state index in [0.717, 1.165) is 36.7 Å². The lowest BCUT2D eigenvalue weighted by Gasteiger charge is -2.41. The van der Waals surface area contributed by atoms with E-state index in [4.69, 9.17) is 4.98 Å². The van der Waals surface area contributed by atoms with Crippen molar-refractivity contribution in [3.05, 3.63) is 29.1 Å². The molecule has 188 valence electrons. The fraction of sp³-hybridized carbons (Fsp3) is 0.679. The standard InChI is InChI=1S/C28H38N4O3/c1-30-24-16-20(18-7-8-18)15-23(19-5-3-2-4-6-19)26(24)29-27(30)28(35)31-13-14-32(25(34)17-31)21-9-11-22(33)12-10-21/h15-16,18-19,21-22,33H,2-14,17H2,1H3/t21-,22-. The molecule has 1 N–H and O–H groups in total. The number of amides is 2. The maximum absolute atomic E-state index is 13.6. The number of aryl methyl sites for hydroxylation is 1. The van der Waals surface area contributed by atoms with E-state index in [1.807, 2.05) is 16.5 Å². The van der Waals surface area contributed by atoms with Gasteiger partial charge in [0.2, 0.25) is 5.91 Å². The molecule has 6 rings (SSSR count). The highest BCUT2D eigenvalue weighted by Gasteiger charge is 2.35. The third kappa shape index (κ3) is 4.37. The molecule has 2 aromatic rings. The number of aliphatic hydroxyl groups excluding tert-OH is 1. The zero-order valence-corrected chi connectivity index (χ0v) is 20.9. The summed E-state index contributed by atoms with van der Waals surface area (Å²) in [6.45, 7) is 1.22. The highest BCUT2D eigenvalue weighted by Crippen LogP contribution is 2.44. The topological polar surface area (TPSA) is 78.7 Å². The van der Waals surface area contributed by atoms with Crippen LogP contribution in [0.3, 0.4) is 0 Å². The van der Waals surface area contributed by atoms with Gasteiger partial charge in [-0.1, -0.05) is 25.3 Å². The number of aromatic nitrogens is 2. The first-order valence-corrected chi connectivity index (χ1v) is 13.8. The van der Waals surface area contributed by atoms with Crippen molar-refractivity contribution in [1.82, 2.24) is 19.4 Å². The molecule has 0 unspecified atom stereocenters. The largest absolute Gasteiger partial charge is 0.393 e. The minimum Gasteiger partial charge on any atom is -0.393 e. The number of nitrogens with zero attached hydrogens (tertiary/aromatic N) is 4. The van der Waals surface area contributed by atoms with Crippen molar-refractivity contribution in [3.8, 4) is 0 Å². The van der Waals surface area contributed by atoms with E-state index in [1.165, 1.54) is 56.1 Å². The number of rotatable bonds is 4. The zero-order chi connectivity index (χ0) is 24.1. The van der Waals surface area contributed by atoms with Crippen molar-refractivity contribution in [3.63, 3.8) is 0 Å². The minimum atomic E-state index is -0.235. The average Bonchev–Trinajstić information content (AvgIpc) is 3.68. The third-order valence-electron chi connectivity index (χ3n) is 8.97. The molecule has 0 atom stereocenters. The van der Waals surface area contributed by atoms with E-state index in [9.17, 15) is 14.7 Å². The molecule has 7 nitrogen and oxygen atoms in total. The van der Waals surface area contributed by atoms with Crippen LogP contribution in [-0.2, 0) is 11.8 Å². The smallest absolute Gasteiger partial charge is 0.290 e. The Bertz CT molecular complexity index is 1120. The van der Waals surface area contributed by atoms with Crippen LogP contribution >= 0.6 is 0 Å². The van der Waals surface area contributed by atoms with Crippen LogP contribution in [0.4, 0.5) is 0 Å². The van der Waals surface area contributed by atoms with Crippen molar-refractivity contribution in [1.29, 1.82) is 0 Å². The lowest BCUT2D eigenvalue weighted by atomic mass is 9.82. The van der Waals surface area contributed by atoms with Gasteiger partial charge in [0.1, 0.15) is 6.54 Å². The van der Waals surface area contributed by atoms with Crippen LogP contribution in [0, 0.1) is 0 Å². The number of carbonyl (C=O) groups is 2. The number of aliphatic hydroxyl groups is 1. The molecule has 7 heteroatoms. The van der Waals surface area contributed by atoms with E-state index >= 15 is 0 Å². The summed E-state index contributed by atoms with van der Waals surface area (Å²) in [6.07, 6.45) is 11.7. The molecular weight excluding hydrogens is 440 g/mol. The Hall–Kier alpha value is -2.41. The number of piperazine rings is 1. The Kier molecular flexibility index (Phi) is 6.07. The molecule has 0 spiro atoms. The molecule has 3 aliphatic carbocycles. The van der Waals surface area contributed by atoms with E-state index in [1.54, 1.807) is 4.90 Å². The van der Waals surface area contributed by atoms with Gasteiger partial charge in [-0.3, -0.25) is 9.59 Å². The van der Waals surface area contributed by atoms with Crippen molar-refractivity contribution >= 4 is 22.8 Å². The van der Waals surface area contributed by atoms with E-state index in [0.29, 0.717) is 30.7 Å². The third-order valence-corrected chi connectivity index (χ3v) is 8.97. The molecule has 35 heavy (non-hydrogen) atoms. The van der Waals surface area contributed by atoms with Crippen LogP contribution in [-0.4, -0.2) is 68.1 Å². The zero-order valence-electron chi connectivity index (χ0n) is 20.9. The molecule has 0 radical (unpaired) electrons. The summed E-state index contributed by atoms with van der Waals surface area (Å²) >= 11 is 0. The maximum atomic E-state index is 13.6. The fourth-order valence-electron chi connectivity index (χ4n) is 6.66. The number of imidazole rings is 1. The Labute approximate surface area is 207 Å². The number of hydrogen-bond donors (Lipinski definition) is 1. The molecule has 4 fully saturated rings. The molecular formula is C28H38N4O3. The van der Waals surface area contributed by atoms with Gasteiger partial charge in [-0.25, -0.2) is 4.98 Å². The molecule has 0 bridgehead atoms. The molecule has 1 saturated heterocycles. The van der Waals surface area contributed by atoms with Crippen LogP contribution in [0.1, 0.15) is 104 Å². The number of hydrogen-bond acceptors (Lipinski definition) is 4. The molecule has 3 saturated carbocycles. The lowest BCUT2D eigenvalue weighted by Crippen LogP contribution is -2.56. The van der Waals surface area contributed by atoms with E-state index in [-0.39, 0.29) is 30.5 Å². The first-order chi connectivity index (χ1) is 17.0. The highest BCUT2D eigenvalue weighted by molar-refractivity contribution is 5.98. The Balaban J connectivity index is 1.26. The van der Waals surface area contributed by atoms with Gasteiger partial charge in [0.25, 0.3) is 5.91 Å². The van der Waals surface area contributed by atoms with Crippen LogP contribution < -0.4 is 0 Å². The molecule has 2 heterocycles. The number of benzene rings is 1. The van der Waals surface area contributed by atoms with Crippen LogP contribution in [0.25, 0.3) is 11.0 Å². The summed E-state index contributed by atoms with van der Waals surface area (Å²) in [6, 6.07) is 4.84. The molecule has 2 amide bonds. The van der Waals surface area contributed by atoms with Crippen LogP contribution in [0.2, 0.25) is 0 Å². The molecule has 1 aliphatic heterocycles. The van der Waals surface area contributed by atoms with Crippen molar-refractivity contribution in [2.75, 3.05) is 19.6 Å². The summed E-state index contributed by atoms with van der Waals surface area (Å²) in [7, 11) is 1.95. The van der Waals surface area contributed by atoms with Gasteiger partial charge in [-0.2, -0.15) is 0 Å². The molecule has 1 aromatic heterocycles. The number of fused-ring (bicyclic) bond motifs is 1. The van der Waals surface area contributed by atoms with Gasteiger partial charge < -0.3 is 19.5 Å². The van der Waals surface area contributed by atoms with Gasteiger partial charge in [0.15, 0.2) is 5.82 Å². The predicted molar refractivity (Wildman–Crippen MR) is 134 cm³/mol. The highest BCUT2D eigenvalue weighted by atomic mass is 16.3. The summed E-state index contributed by atoms with van der Waals surface area (Å²) in [4.78, 5) is 35.2. The second-order valence-corrected chi connectivity index (χ2v) is 11.4. The second-order valence-electron chi connectivity index (χ2n) is 11.4. The lowest BCUT2D eigenvalue weighted by molar-refractivity contribution is -0.138. The minimum absolute atomic E-state index is 0.0173. The molecule has 1 aromatic carbocycles. The summed E-state index contributed by atoms with van der Waals surface area (Å²) in [5.41, 5.74) is 4.78. The van der Waals surface area contributed by atoms with Crippen molar-refractivity contribution < 1.29 is 14.7 Å². The monoisotopic (exact) mass is 478 g/mol. The average molecular weight is 479 g/mol. The normalized spacial score (nSPS) is 26.5. The van der Waals surface area contributed by atoms with Crippen LogP contribution in [0.5, 0.6) is 0 Å². The van der Waals surface area contributed by atoms with Gasteiger partial charge in [0, 0.05) is 26.2 Å². The maximum Gasteiger partial charge on any atom is 0.290 e. The van der Waals surface area contributed by atoms with Gasteiger partial charge >= 0.3 is 0 Å². The summed E-state index contributed by atoms with van der Waals surface area (Å²) in [5, 5.41) is 9.81. The van der Waals surface area contributed by atoms with E-state index < -0.39 is 0 Å². The van der Waals surface area contributed by atoms with Gasteiger partial charge in [-0.05, 0) is 80.4 Å². The Morgan fingerprint density at radius 1 is 0.943 bits per heavy atom. The van der Waals surface area contributed by atoms with Crippen LogP contribution in [0.15, 0.2) is 12.1 Å². The quantitative estimate of drug-likeness (QED) is 0.718. The molecule has 4 aliphatic rings. The van der Waals surface area contributed by atoms with Crippen molar-refractivity contribution in [2.45, 2.75) is 94.6 Å². The summed E-state index contributed by atoms with van der Waals surface area (Å²) < 4.78 is 1.97. The fourth-order valence-corrected chi connectivity index (χ4v) is 6.66. The second kappa shape index (κ2) is 9.23. The van der Waals surface area contributed by atoms with Gasteiger partial charge in [0.05, 0.1) is 17.1 Å². The SMILES string of the molecule is Cn1c(C(=O)N2CCN([C@H]3CC[C@H](O)CC3)C(=O)C2)nc2c(C3CCCCC3)cc(C3CC3)cc21. The predicted octanol–water partition coefficient (Wildman–Crippen LogP) is 4.09. The first-order valence-electron chi connectivity index (χ1n) is 13.8. The Morgan fingerprint density at radius 3 is 2.37 bits per heavy atom. The Morgan fingerprint density at radius 2 is 1.69 bits per heavy atom. The van der Waals surface area contributed by atoms with Crippen molar-refractivity contribution in [2.24, 2.45) is 7.05 Å². The first kappa shape index (κ1) is 23.0. The summed E-state index contributed by atoms with van der Waals surface area (Å²) in [5.74, 6) is 1.51. The number of carbonyl (C=O) groups excluding carboxylic acids is 2. The van der Waals surface area contributed by atoms with Gasteiger partial charge in [-0.15, -0.1) is 0 Å².